The summed E-state index contributed by atoms with van der Waals surface area (Å²) in [6, 6.07) is 0. The third-order valence-electron chi connectivity index (χ3n) is 5.01. The van der Waals surface area contributed by atoms with Gasteiger partial charge in [0.05, 0.1) is 6.33 Å². The fourth-order valence-corrected chi connectivity index (χ4v) is 4.98. The van der Waals surface area contributed by atoms with Crippen LogP contribution in [0, 0.1) is 5.92 Å². The molecule has 8 heteroatoms. The van der Waals surface area contributed by atoms with Crippen LogP contribution < -0.4 is 0 Å². The van der Waals surface area contributed by atoms with Crippen LogP contribution in [0.25, 0.3) is 0 Å². The molecule has 1 amide bonds. The fraction of sp³-hybridized carbons (Fsp3) is 0.750. The first-order valence-corrected chi connectivity index (χ1v) is 10.2. The van der Waals surface area contributed by atoms with E-state index in [1.165, 1.54) is 29.7 Å². The minimum absolute atomic E-state index is 0.0433. The number of likely N-dealkylation sites (tertiary alicyclic amines) is 1. The number of hydrogen-bond donors (Lipinski definition) is 0. The van der Waals surface area contributed by atoms with Gasteiger partial charge in [0, 0.05) is 45.3 Å². The normalized spacial score (nSPS) is 21.6. The molecule has 134 valence electrons. The van der Waals surface area contributed by atoms with Crippen LogP contribution in [-0.4, -0.2) is 59.3 Å². The van der Waals surface area contributed by atoms with Crippen LogP contribution in [0.15, 0.2) is 17.6 Å². The molecule has 0 atom stereocenters. The maximum absolute atomic E-state index is 12.7. The van der Waals surface area contributed by atoms with E-state index in [1.807, 2.05) is 4.90 Å². The van der Waals surface area contributed by atoms with Crippen molar-refractivity contribution in [3.63, 3.8) is 0 Å². The van der Waals surface area contributed by atoms with Crippen LogP contribution >= 0.6 is 0 Å². The highest BCUT2D eigenvalue weighted by atomic mass is 32.2. The van der Waals surface area contributed by atoms with Gasteiger partial charge in [-0.05, 0) is 25.7 Å². The van der Waals surface area contributed by atoms with Gasteiger partial charge in [-0.1, -0.05) is 12.8 Å². The van der Waals surface area contributed by atoms with Crippen LogP contribution in [0.3, 0.4) is 0 Å². The quantitative estimate of drug-likeness (QED) is 0.818. The highest BCUT2D eigenvalue weighted by Crippen LogP contribution is 2.25. The molecule has 2 aliphatic heterocycles. The summed E-state index contributed by atoms with van der Waals surface area (Å²) in [6.45, 7) is 2.49. The second kappa shape index (κ2) is 7.23. The molecule has 7 nitrogen and oxygen atoms in total. The number of piperidine rings is 1. The lowest BCUT2D eigenvalue weighted by molar-refractivity contribution is -0.136. The van der Waals surface area contributed by atoms with Crippen LogP contribution in [0.1, 0.15) is 38.5 Å². The Morgan fingerprint density at radius 2 is 1.71 bits per heavy atom. The number of nitrogens with zero attached hydrogens (tertiary/aromatic N) is 4. The van der Waals surface area contributed by atoms with E-state index >= 15 is 0 Å². The largest absolute Gasteiger partial charge is 0.342 e. The summed E-state index contributed by atoms with van der Waals surface area (Å²) in [5, 5.41) is 0.0855. The number of hydrogen-bond acceptors (Lipinski definition) is 4. The Morgan fingerprint density at radius 3 is 2.25 bits per heavy atom. The zero-order valence-electron chi connectivity index (χ0n) is 14.2. The molecule has 1 aromatic heterocycles. The molecule has 0 unspecified atom stereocenters. The Balaban J connectivity index is 1.60. The zero-order valence-corrected chi connectivity index (χ0v) is 15.0. The number of aryl methyl sites for hydroxylation is 1. The average Bonchev–Trinajstić information content (AvgIpc) is 2.86. The molecule has 0 N–H and O–H groups in total. The molecular formula is C16H26N4O3S. The van der Waals surface area contributed by atoms with E-state index in [0.717, 1.165) is 25.9 Å². The number of carbonyl (C=O) groups excluding carboxylic acids is 1. The van der Waals surface area contributed by atoms with Crippen LogP contribution in [-0.2, 0) is 21.9 Å². The van der Waals surface area contributed by atoms with Crippen molar-refractivity contribution in [3.8, 4) is 0 Å². The summed E-state index contributed by atoms with van der Waals surface area (Å²) < 4.78 is 28.2. The summed E-state index contributed by atoms with van der Waals surface area (Å²) in [6.07, 6.45) is 8.77. The SMILES string of the molecule is Cn1cnc(S(=O)(=O)N2CCC(C(=O)N3CCCCCC3)CC2)c1. The molecule has 3 rings (SSSR count). The smallest absolute Gasteiger partial charge is 0.262 e. The van der Waals surface area contributed by atoms with E-state index in [2.05, 4.69) is 4.98 Å². The van der Waals surface area contributed by atoms with Gasteiger partial charge >= 0.3 is 0 Å². The Kier molecular flexibility index (Phi) is 5.24. The third kappa shape index (κ3) is 3.64. The summed E-state index contributed by atoms with van der Waals surface area (Å²) in [5.74, 6) is 0.171. The molecule has 3 heterocycles. The van der Waals surface area contributed by atoms with Crippen molar-refractivity contribution in [3.05, 3.63) is 12.5 Å². The van der Waals surface area contributed by atoms with Gasteiger partial charge < -0.3 is 9.47 Å². The van der Waals surface area contributed by atoms with Gasteiger partial charge in [-0.3, -0.25) is 4.79 Å². The first-order chi connectivity index (χ1) is 11.5. The van der Waals surface area contributed by atoms with E-state index in [4.69, 9.17) is 0 Å². The van der Waals surface area contributed by atoms with Gasteiger partial charge in [-0.25, -0.2) is 13.4 Å². The second-order valence-corrected chi connectivity index (χ2v) is 8.68. The Bertz CT molecular complexity index is 669. The summed E-state index contributed by atoms with van der Waals surface area (Å²) in [7, 11) is -1.80. The molecule has 2 fully saturated rings. The maximum atomic E-state index is 12.7. The van der Waals surface area contributed by atoms with Gasteiger partial charge in [-0.2, -0.15) is 4.31 Å². The van der Waals surface area contributed by atoms with Crippen molar-refractivity contribution in [2.24, 2.45) is 13.0 Å². The topological polar surface area (TPSA) is 75.5 Å². The first-order valence-electron chi connectivity index (χ1n) is 8.75. The predicted octanol–water partition coefficient (Wildman–Crippen LogP) is 1.22. The van der Waals surface area contributed by atoms with E-state index < -0.39 is 10.0 Å². The van der Waals surface area contributed by atoms with E-state index in [1.54, 1.807) is 11.6 Å². The van der Waals surface area contributed by atoms with Crippen molar-refractivity contribution in [2.45, 2.75) is 43.6 Å². The van der Waals surface area contributed by atoms with E-state index in [9.17, 15) is 13.2 Å². The van der Waals surface area contributed by atoms with Crippen molar-refractivity contribution in [2.75, 3.05) is 26.2 Å². The molecule has 0 bridgehead atoms. The van der Waals surface area contributed by atoms with Crippen molar-refractivity contribution in [1.82, 2.24) is 18.8 Å². The van der Waals surface area contributed by atoms with Gasteiger partial charge in [0.1, 0.15) is 0 Å². The predicted molar refractivity (Wildman–Crippen MR) is 89.7 cm³/mol. The van der Waals surface area contributed by atoms with Gasteiger partial charge in [0.15, 0.2) is 5.03 Å². The van der Waals surface area contributed by atoms with Crippen LogP contribution in [0.2, 0.25) is 0 Å². The van der Waals surface area contributed by atoms with Crippen molar-refractivity contribution >= 4 is 15.9 Å². The van der Waals surface area contributed by atoms with Gasteiger partial charge in [-0.15, -0.1) is 0 Å². The van der Waals surface area contributed by atoms with Crippen LogP contribution in [0.4, 0.5) is 0 Å². The second-order valence-electron chi connectivity index (χ2n) is 6.80. The van der Waals surface area contributed by atoms with Gasteiger partial charge in [0.2, 0.25) is 5.91 Å². The molecule has 1 aromatic rings. The molecule has 0 spiro atoms. The third-order valence-corrected chi connectivity index (χ3v) is 6.79. The molecule has 24 heavy (non-hydrogen) atoms. The Morgan fingerprint density at radius 1 is 1.08 bits per heavy atom. The first kappa shape index (κ1) is 17.4. The summed E-state index contributed by atoms with van der Waals surface area (Å²) in [4.78, 5) is 18.6. The number of rotatable bonds is 3. The lowest BCUT2D eigenvalue weighted by Crippen LogP contribution is -2.44. The molecule has 0 aromatic carbocycles. The molecule has 2 saturated heterocycles. The minimum Gasteiger partial charge on any atom is -0.342 e. The highest BCUT2D eigenvalue weighted by molar-refractivity contribution is 7.89. The number of imidazole rings is 1. The van der Waals surface area contributed by atoms with E-state index in [-0.39, 0.29) is 16.9 Å². The van der Waals surface area contributed by atoms with E-state index in [0.29, 0.717) is 25.9 Å². The Labute approximate surface area is 143 Å². The fourth-order valence-electron chi connectivity index (χ4n) is 3.55. The Hall–Kier alpha value is -1.41. The monoisotopic (exact) mass is 354 g/mol. The molecule has 0 radical (unpaired) electrons. The molecule has 2 aliphatic rings. The zero-order chi connectivity index (χ0) is 17.2. The minimum atomic E-state index is -3.54. The number of aromatic nitrogens is 2. The number of sulfonamides is 1. The molecule has 0 saturated carbocycles. The number of carbonyl (C=O) groups is 1. The maximum Gasteiger partial charge on any atom is 0.262 e. The molecule has 0 aliphatic carbocycles. The molecular weight excluding hydrogens is 328 g/mol. The lowest BCUT2D eigenvalue weighted by Gasteiger charge is -2.33. The van der Waals surface area contributed by atoms with Gasteiger partial charge in [0.25, 0.3) is 10.0 Å². The summed E-state index contributed by atoms with van der Waals surface area (Å²) in [5.41, 5.74) is 0. The number of amides is 1. The highest BCUT2D eigenvalue weighted by Gasteiger charge is 2.34. The van der Waals surface area contributed by atoms with Crippen molar-refractivity contribution in [1.29, 1.82) is 0 Å². The van der Waals surface area contributed by atoms with Crippen LogP contribution in [0.5, 0.6) is 0 Å². The van der Waals surface area contributed by atoms with Crippen molar-refractivity contribution < 1.29 is 13.2 Å². The lowest BCUT2D eigenvalue weighted by atomic mass is 9.96. The average molecular weight is 354 g/mol. The standard InChI is InChI=1S/C16H26N4O3S/c1-18-12-15(17-13-18)24(22,23)20-10-6-14(7-11-20)16(21)19-8-4-2-3-5-9-19/h12-14H,2-11H2,1H3. The summed E-state index contributed by atoms with van der Waals surface area (Å²) >= 11 is 0.